The molecular weight excluding hydrogens is 491 g/mol. The van der Waals surface area contributed by atoms with Crippen LogP contribution in [0.4, 0.5) is 13.2 Å². The molecule has 0 fully saturated rings. The van der Waals surface area contributed by atoms with Gasteiger partial charge in [0.2, 0.25) is 0 Å². The summed E-state index contributed by atoms with van der Waals surface area (Å²) in [5, 5.41) is 7.66. The van der Waals surface area contributed by atoms with E-state index in [0.717, 1.165) is 32.4 Å². The van der Waals surface area contributed by atoms with Crippen LogP contribution in [-0.2, 0) is 32.0 Å². The zero-order chi connectivity index (χ0) is 26.2. The van der Waals surface area contributed by atoms with Gasteiger partial charge in [0, 0.05) is 27.8 Å². The number of ether oxygens (including phenoxy) is 1. The SMILES string of the molecule is CO/N=C(/C(=O)OC)c1cccc(C(F)(F)F)c1CO/N=C(C)/C(N)=C/C(=O)c1ccc(Cl)cc1. The van der Waals surface area contributed by atoms with Crippen LogP contribution >= 0.6 is 11.6 Å². The largest absolute Gasteiger partial charge is 0.464 e. The molecule has 12 heteroatoms. The number of ketones is 1. The molecule has 2 aromatic rings. The molecule has 0 bridgehead atoms. The van der Waals surface area contributed by atoms with Crippen LogP contribution in [0.3, 0.4) is 0 Å². The summed E-state index contributed by atoms with van der Waals surface area (Å²) in [5.41, 5.74) is 3.95. The number of hydrogen-bond acceptors (Lipinski definition) is 8. The Bertz CT molecular complexity index is 1180. The molecule has 186 valence electrons. The first-order valence-electron chi connectivity index (χ1n) is 9.82. The Morgan fingerprint density at radius 3 is 2.31 bits per heavy atom. The lowest BCUT2D eigenvalue weighted by atomic mass is 9.97. The van der Waals surface area contributed by atoms with Crippen LogP contribution in [0.2, 0.25) is 5.02 Å². The van der Waals surface area contributed by atoms with Crippen molar-refractivity contribution in [2.75, 3.05) is 14.2 Å². The highest BCUT2D eigenvalue weighted by Gasteiger charge is 2.36. The van der Waals surface area contributed by atoms with Gasteiger partial charge in [-0.15, -0.1) is 0 Å². The molecule has 0 heterocycles. The monoisotopic (exact) mass is 511 g/mol. The summed E-state index contributed by atoms with van der Waals surface area (Å²) in [5.74, 6) is -1.45. The number of alkyl halides is 3. The molecule has 0 aliphatic rings. The third-order valence-electron chi connectivity index (χ3n) is 4.54. The fourth-order valence-electron chi connectivity index (χ4n) is 2.80. The van der Waals surface area contributed by atoms with Gasteiger partial charge in [-0.25, -0.2) is 4.79 Å². The molecule has 0 amide bonds. The van der Waals surface area contributed by atoms with Crippen LogP contribution in [0.25, 0.3) is 0 Å². The summed E-state index contributed by atoms with van der Waals surface area (Å²) in [7, 11) is 2.17. The van der Waals surface area contributed by atoms with Crippen LogP contribution in [0, 0.1) is 0 Å². The number of esters is 1. The van der Waals surface area contributed by atoms with Gasteiger partial charge in [-0.1, -0.05) is 34.0 Å². The molecule has 8 nitrogen and oxygen atoms in total. The molecule has 0 aromatic heterocycles. The van der Waals surface area contributed by atoms with Crippen molar-refractivity contribution in [2.45, 2.75) is 19.7 Å². The topological polar surface area (TPSA) is 113 Å². The van der Waals surface area contributed by atoms with Crippen molar-refractivity contribution >= 4 is 34.8 Å². The van der Waals surface area contributed by atoms with Crippen LogP contribution < -0.4 is 5.73 Å². The van der Waals surface area contributed by atoms with E-state index in [1.807, 2.05) is 0 Å². The number of methoxy groups -OCH3 is 1. The highest BCUT2D eigenvalue weighted by atomic mass is 35.5. The number of carbonyl (C=O) groups is 2. The lowest BCUT2D eigenvalue weighted by molar-refractivity contribution is -0.139. The van der Waals surface area contributed by atoms with Crippen LogP contribution in [-0.4, -0.2) is 37.4 Å². The summed E-state index contributed by atoms with van der Waals surface area (Å²) in [6, 6.07) is 9.24. The summed E-state index contributed by atoms with van der Waals surface area (Å²) in [4.78, 5) is 34.1. The molecule has 35 heavy (non-hydrogen) atoms. The zero-order valence-electron chi connectivity index (χ0n) is 18.9. The van der Waals surface area contributed by atoms with E-state index in [2.05, 4.69) is 19.9 Å². The van der Waals surface area contributed by atoms with E-state index >= 15 is 0 Å². The minimum atomic E-state index is -4.77. The molecule has 2 rings (SSSR count). The maximum absolute atomic E-state index is 13.7. The van der Waals surface area contributed by atoms with Gasteiger partial charge in [-0.2, -0.15) is 13.2 Å². The number of benzene rings is 2. The number of halogens is 4. The van der Waals surface area contributed by atoms with E-state index in [-0.39, 0.29) is 17.0 Å². The molecule has 0 atom stereocenters. The first-order valence-corrected chi connectivity index (χ1v) is 10.2. The molecular formula is C23H21ClF3N3O5. The van der Waals surface area contributed by atoms with Gasteiger partial charge in [0.25, 0.3) is 0 Å². The number of carbonyl (C=O) groups excluding carboxylic acids is 2. The molecule has 0 aliphatic carbocycles. The first-order chi connectivity index (χ1) is 16.5. The van der Waals surface area contributed by atoms with Crippen molar-refractivity contribution in [3.05, 3.63) is 81.5 Å². The quantitative estimate of drug-likeness (QED) is 0.174. The Balaban J connectivity index is 2.34. The van der Waals surface area contributed by atoms with E-state index in [1.54, 1.807) is 0 Å². The number of rotatable bonds is 9. The number of nitrogens with zero attached hydrogens (tertiary/aromatic N) is 2. The third-order valence-corrected chi connectivity index (χ3v) is 4.79. The minimum absolute atomic E-state index is 0.0390. The maximum atomic E-state index is 13.7. The fourth-order valence-corrected chi connectivity index (χ4v) is 2.93. The lowest BCUT2D eigenvalue weighted by Crippen LogP contribution is -2.22. The lowest BCUT2D eigenvalue weighted by Gasteiger charge is -2.16. The van der Waals surface area contributed by atoms with E-state index in [9.17, 15) is 22.8 Å². The third kappa shape index (κ3) is 7.31. The van der Waals surface area contributed by atoms with E-state index < -0.39 is 41.4 Å². The van der Waals surface area contributed by atoms with Crippen LogP contribution in [0.15, 0.2) is 64.5 Å². The van der Waals surface area contributed by atoms with Crippen molar-refractivity contribution in [1.29, 1.82) is 0 Å². The second kappa shape index (κ2) is 12.0. The van der Waals surface area contributed by atoms with Gasteiger partial charge in [-0.3, -0.25) is 4.79 Å². The first kappa shape index (κ1) is 27.4. The zero-order valence-corrected chi connectivity index (χ0v) is 19.6. The van der Waals surface area contributed by atoms with E-state index in [0.29, 0.717) is 10.6 Å². The Hall–Kier alpha value is -3.86. The van der Waals surface area contributed by atoms with Crippen molar-refractivity contribution in [3.63, 3.8) is 0 Å². The Morgan fingerprint density at radius 2 is 1.74 bits per heavy atom. The minimum Gasteiger partial charge on any atom is -0.464 e. The van der Waals surface area contributed by atoms with E-state index in [4.69, 9.17) is 22.2 Å². The van der Waals surface area contributed by atoms with E-state index in [1.165, 1.54) is 37.3 Å². The van der Waals surface area contributed by atoms with Gasteiger partial charge in [-0.05, 0) is 37.3 Å². The highest BCUT2D eigenvalue weighted by molar-refractivity contribution is 6.43. The predicted octanol–water partition coefficient (Wildman–Crippen LogP) is 4.50. The van der Waals surface area contributed by atoms with Gasteiger partial charge in [0.15, 0.2) is 11.5 Å². The molecule has 0 saturated heterocycles. The molecule has 2 N–H and O–H groups in total. The predicted molar refractivity (Wildman–Crippen MR) is 123 cm³/mol. The number of hydrogen-bond donors (Lipinski definition) is 1. The van der Waals surface area contributed by atoms with Crippen molar-refractivity contribution in [2.24, 2.45) is 16.0 Å². The average molecular weight is 512 g/mol. The smallest absolute Gasteiger partial charge is 0.416 e. The normalized spacial score (nSPS) is 12.8. The van der Waals surface area contributed by atoms with Gasteiger partial charge >= 0.3 is 12.1 Å². The standard InChI is InChI=1S/C23H21ClF3N3O5/c1-13(19(28)11-20(31)14-7-9-15(24)10-8-14)29-35-12-17-16(21(30-34-3)22(32)33-2)5-4-6-18(17)23(25,26)27/h4-11H,12,28H2,1-3H3/b19-11-,29-13+,30-21+. The highest BCUT2D eigenvalue weighted by Crippen LogP contribution is 2.34. The number of allylic oxidation sites excluding steroid dienone is 2. The molecule has 0 unspecified atom stereocenters. The van der Waals surface area contributed by atoms with Crippen LogP contribution in [0.1, 0.15) is 34.0 Å². The van der Waals surface area contributed by atoms with Crippen molar-refractivity contribution in [3.8, 4) is 0 Å². The number of nitrogens with two attached hydrogens (primary N) is 1. The molecule has 0 saturated carbocycles. The van der Waals surface area contributed by atoms with Gasteiger partial charge in [0.05, 0.1) is 24.1 Å². The molecule has 0 radical (unpaired) electrons. The maximum Gasteiger partial charge on any atom is 0.416 e. The second-order valence-electron chi connectivity index (χ2n) is 6.86. The second-order valence-corrected chi connectivity index (χ2v) is 7.30. The molecule has 2 aromatic carbocycles. The summed E-state index contributed by atoms with van der Waals surface area (Å²) < 4.78 is 45.5. The molecule has 0 aliphatic heterocycles. The Labute approximate surface area is 203 Å². The summed E-state index contributed by atoms with van der Waals surface area (Å²) in [6.45, 7) is 0.699. The van der Waals surface area contributed by atoms with Gasteiger partial charge in [0.1, 0.15) is 13.7 Å². The summed E-state index contributed by atoms with van der Waals surface area (Å²) in [6.07, 6.45) is -3.67. The number of oxime groups is 2. The average Bonchev–Trinajstić information content (AvgIpc) is 2.81. The Kier molecular flexibility index (Phi) is 9.41. The summed E-state index contributed by atoms with van der Waals surface area (Å²) >= 11 is 5.80. The Morgan fingerprint density at radius 1 is 1.09 bits per heavy atom. The molecule has 0 spiro atoms. The van der Waals surface area contributed by atoms with Gasteiger partial charge < -0.3 is 20.1 Å². The fraction of sp³-hybridized carbons (Fsp3) is 0.217. The van der Waals surface area contributed by atoms with Crippen LogP contribution in [0.5, 0.6) is 0 Å². The van der Waals surface area contributed by atoms with Crippen molar-refractivity contribution in [1.82, 2.24) is 0 Å². The van der Waals surface area contributed by atoms with Crippen molar-refractivity contribution < 1.29 is 37.2 Å².